The number of benzene rings is 1. The summed E-state index contributed by atoms with van der Waals surface area (Å²) in [7, 11) is 1.56. The van der Waals surface area contributed by atoms with Crippen LogP contribution in [0.3, 0.4) is 0 Å². The summed E-state index contributed by atoms with van der Waals surface area (Å²) >= 11 is 1.28. The van der Waals surface area contributed by atoms with E-state index < -0.39 is 5.25 Å². The smallest absolute Gasteiger partial charge is 0.240 e. The van der Waals surface area contributed by atoms with Crippen molar-refractivity contribution in [2.45, 2.75) is 16.6 Å². The first-order chi connectivity index (χ1) is 8.10. The number of imide groups is 1. The maximum absolute atomic E-state index is 11.4. The van der Waals surface area contributed by atoms with Crippen molar-refractivity contribution in [3.05, 3.63) is 18.2 Å². The van der Waals surface area contributed by atoms with Crippen LogP contribution in [0.2, 0.25) is 0 Å². The normalized spacial score (nSPS) is 19.2. The van der Waals surface area contributed by atoms with E-state index in [2.05, 4.69) is 5.32 Å². The molecule has 3 N–H and O–H groups in total. The predicted molar refractivity (Wildman–Crippen MR) is 64.8 cm³/mol. The summed E-state index contributed by atoms with van der Waals surface area (Å²) in [6.45, 7) is 0. The molecule has 1 aliphatic rings. The van der Waals surface area contributed by atoms with Gasteiger partial charge < -0.3 is 10.5 Å². The molecule has 0 bridgehead atoms. The Labute approximate surface area is 103 Å². The largest absolute Gasteiger partial charge is 0.497 e. The minimum atomic E-state index is -0.406. The zero-order valence-corrected chi connectivity index (χ0v) is 10.0. The van der Waals surface area contributed by atoms with Crippen molar-refractivity contribution < 1.29 is 14.3 Å². The fourth-order valence-electron chi connectivity index (χ4n) is 1.52. The Morgan fingerprint density at radius 1 is 1.47 bits per heavy atom. The van der Waals surface area contributed by atoms with Crippen molar-refractivity contribution in [3.63, 3.8) is 0 Å². The number of hydrogen-bond donors (Lipinski definition) is 2. The molecule has 6 heteroatoms. The molecule has 90 valence electrons. The molecule has 0 aliphatic carbocycles. The highest BCUT2D eigenvalue weighted by Crippen LogP contribution is 2.34. The molecular formula is C11H12N2O3S. The van der Waals surface area contributed by atoms with Crippen molar-refractivity contribution in [2.24, 2.45) is 0 Å². The van der Waals surface area contributed by atoms with Crippen LogP contribution in [0.1, 0.15) is 6.42 Å². The lowest BCUT2D eigenvalue weighted by molar-refractivity contribution is -0.124. The molecule has 0 spiro atoms. The number of carbonyl (C=O) groups excluding carboxylic acids is 2. The quantitative estimate of drug-likeness (QED) is 0.614. The first-order valence-corrected chi connectivity index (χ1v) is 5.92. The summed E-state index contributed by atoms with van der Waals surface area (Å²) in [6, 6.07) is 5.23. The van der Waals surface area contributed by atoms with Crippen LogP contribution >= 0.6 is 11.8 Å². The molecule has 0 radical (unpaired) electrons. The van der Waals surface area contributed by atoms with E-state index >= 15 is 0 Å². The molecule has 1 heterocycles. The molecular weight excluding hydrogens is 240 g/mol. The summed E-state index contributed by atoms with van der Waals surface area (Å²) in [5.74, 6) is 0.169. The molecule has 17 heavy (non-hydrogen) atoms. The minimum absolute atomic E-state index is 0.195. The van der Waals surface area contributed by atoms with E-state index in [-0.39, 0.29) is 18.2 Å². The van der Waals surface area contributed by atoms with Gasteiger partial charge >= 0.3 is 0 Å². The Kier molecular flexibility index (Phi) is 3.23. The van der Waals surface area contributed by atoms with E-state index in [0.717, 1.165) is 4.90 Å². The molecule has 1 aromatic carbocycles. The molecule has 0 aromatic heterocycles. The highest BCUT2D eigenvalue weighted by atomic mass is 32.2. The number of nitrogen functional groups attached to an aromatic ring is 1. The van der Waals surface area contributed by atoms with E-state index in [1.165, 1.54) is 11.8 Å². The summed E-state index contributed by atoms with van der Waals surface area (Å²) in [5.41, 5.74) is 6.38. The Hall–Kier alpha value is -1.69. The van der Waals surface area contributed by atoms with E-state index in [9.17, 15) is 9.59 Å². The maximum atomic E-state index is 11.4. The number of thioether (sulfide) groups is 1. The van der Waals surface area contributed by atoms with E-state index in [4.69, 9.17) is 10.5 Å². The second-order valence-electron chi connectivity index (χ2n) is 3.63. The maximum Gasteiger partial charge on any atom is 0.240 e. The van der Waals surface area contributed by atoms with Crippen LogP contribution in [0.25, 0.3) is 0 Å². The van der Waals surface area contributed by atoms with Gasteiger partial charge in [0.1, 0.15) is 5.75 Å². The molecule has 1 saturated heterocycles. The zero-order chi connectivity index (χ0) is 12.4. The summed E-state index contributed by atoms with van der Waals surface area (Å²) in [6.07, 6.45) is 0.195. The topological polar surface area (TPSA) is 81.4 Å². The van der Waals surface area contributed by atoms with Crippen molar-refractivity contribution in [2.75, 3.05) is 12.8 Å². The van der Waals surface area contributed by atoms with Gasteiger partial charge in [-0.1, -0.05) is 0 Å². The Morgan fingerprint density at radius 2 is 2.24 bits per heavy atom. The lowest BCUT2D eigenvalue weighted by atomic mass is 10.3. The number of amides is 2. The highest BCUT2D eigenvalue weighted by molar-refractivity contribution is 8.00. The molecule has 2 amide bonds. The van der Waals surface area contributed by atoms with Gasteiger partial charge in [-0.15, -0.1) is 11.8 Å². The van der Waals surface area contributed by atoms with Crippen molar-refractivity contribution in [3.8, 4) is 5.75 Å². The Balaban J connectivity index is 2.18. The van der Waals surface area contributed by atoms with Gasteiger partial charge in [0.2, 0.25) is 11.8 Å². The molecule has 1 atom stereocenters. The van der Waals surface area contributed by atoms with Gasteiger partial charge in [-0.25, -0.2) is 0 Å². The highest BCUT2D eigenvalue weighted by Gasteiger charge is 2.31. The standard InChI is InChI=1S/C11H12N2O3S/c1-16-6-2-3-7(12)8(4-6)17-9-5-10(14)13-11(9)15/h2-4,9H,5,12H2,1H3,(H,13,14,15). The average molecular weight is 252 g/mol. The van der Waals surface area contributed by atoms with Crippen LogP contribution in [0, 0.1) is 0 Å². The number of carbonyl (C=O) groups is 2. The number of rotatable bonds is 3. The van der Waals surface area contributed by atoms with Crippen LogP contribution in [0.5, 0.6) is 5.75 Å². The molecule has 1 aromatic rings. The summed E-state index contributed by atoms with van der Waals surface area (Å²) < 4.78 is 5.09. The van der Waals surface area contributed by atoms with Crippen LogP contribution in [0.15, 0.2) is 23.1 Å². The van der Waals surface area contributed by atoms with Crippen LogP contribution in [-0.2, 0) is 9.59 Å². The monoisotopic (exact) mass is 252 g/mol. The predicted octanol–water partition coefficient (Wildman–Crippen LogP) is 0.785. The second-order valence-corrected chi connectivity index (χ2v) is 4.87. The average Bonchev–Trinajstić information content (AvgIpc) is 2.60. The first kappa shape index (κ1) is 11.8. The molecule has 1 unspecified atom stereocenters. The first-order valence-electron chi connectivity index (χ1n) is 5.04. The Morgan fingerprint density at radius 3 is 2.82 bits per heavy atom. The number of hydrogen-bond acceptors (Lipinski definition) is 5. The number of nitrogens with two attached hydrogens (primary N) is 1. The van der Waals surface area contributed by atoms with E-state index in [1.54, 1.807) is 25.3 Å². The molecule has 1 aliphatic heterocycles. The lowest BCUT2D eigenvalue weighted by Gasteiger charge is -2.10. The van der Waals surface area contributed by atoms with Crippen molar-refractivity contribution >= 4 is 29.3 Å². The number of ether oxygens (including phenoxy) is 1. The minimum Gasteiger partial charge on any atom is -0.497 e. The SMILES string of the molecule is COc1ccc(N)c(SC2CC(=O)NC2=O)c1. The molecule has 5 nitrogen and oxygen atoms in total. The van der Waals surface area contributed by atoms with Gasteiger partial charge in [-0.05, 0) is 18.2 Å². The van der Waals surface area contributed by atoms with Gasteiger partial charge in [-0.3, -0.25) is 14.9 Å². The summed E-state index contributed by atoms with van der Waals surface area (Å²) in [5, 5.41) is 1.86. The van der Waals surface area contributed by atoms with Crippen molar-refractivity contribution in [1.29, 1.82) is 0 Å². The van der Waals surface area contributed by atoms with Gasteiger partial charge in [0, 0.05) is 17.0 Å². The van der Waals surface area contributed by atoms with Gasteiger partial charge in [-0.2, -0.15) is 0 Å². The molecule has 2 rings (SSSR count). The number of nitrogens with one attached hydrogen (secondary N) is 1. The van der Waals surface area contributed by atoms with Crippen LogP contribution in [0.4, 0.5) is 5.69 Å². The Bertz CT molecular complexity index is 476. The van der Waals surface area contributed by atoms with Gasteiger partial charge in [0.15, 0.2) is 0 Å². The molecule has 1 fully saturated rings. The fourth-order valence-corrected chi connectivity index (χ4v) is 2.62. The van der Waals surface area contributed by atoms with Crippen LogP contribution in [-0.4, -0.2) is 24.2 Å². The van der Waals surface area contributed by atoms with E-state index in [0.29, 0.717) is 11.4 Å². The fraction of sp³-hybridized carbons (Fsp3) is 0.273. The lowest BCUT2D eigenvalue weighted by Crippen LogP contribution is -2.23. The van der Waals surface area contributed by atoms with Crippen molar-refractivity contribution in [1.82, 2.24) is 5.32 Å². The zero-order valence-electron chi connectivity index (χ0n) is 9.23. The number of methoxy groups -OCH3 is 1. The second kappa shape index (κ2) is 4.67. The third-order valence-electron chi connectivity index (χ3n) is 2.42. The van der Waals surface area contributed by atoms with E-state index in [1.807, 2.05) is 0 Å². The molecule has 0 saturated carbocycles. The van der Waals surface area contributed by atoms with Gasteiger partial charge in [0.25, 0.3) is 0 Å². The third kappa shape index (κ3) is 2.52. The van der Waals surface area contributed by atoms with Crippen LogP contribution < -0.4 is 15.8 Å². The summed E-state index contributed by atoms with van der Waals surface area (Å²) in [4.78, 5) is 23.2. The van der Waals surface area contributed by atoms with Gasteiger partial charge in [0.05, 0.1) is 12.4 Å². The third-order valence-corrected chi connectivity index (χ3v) is 3.69. The number of anilines is 1.